The average molecular weight is 421 g/mol. The molecule has 0 saturated carbocycles. The average Bonchev–Trinajstić information content (AvgIpc) is 2.74. The summed E-state index contributed by atoms with van der Waals surface area (Å²) in [6.45, 7) is 2.86. The summed E-state index contributed by atoms with van der Waals surface area (Å²) in [5.74, 6) is -0.390. The van der Waals surface area contributed by atoms with Crippen LogP contribution in [0.1, 0.15) is 19.8 Å². The van der Waals surface area contributed by atoms with E-state index in [1.165, 1.54) is 45.6 Å². The Labute approximate surface area is 170 Å². The highest BCUT2D eigenvalue weighted by molar-refractivity contribution is 7.89. The van der Waals surface area contributed by atoms with Gasteiger partial charge in [0.15, 0.2) is 0 Å². The van der Waals surface area contributed by atoms with E-state index in [9.17, 15) is 17.6 Å². The van der Waals surface area contributed by atoms with Gasteiger partial charge in [0.1, 0.15) is 11.6 Å². The molecule has 0 bridgehead atoms. The monoisotopic (exact) mass is 420 g/mol. The molecule has 0 radical (unpaired) electrons. The zero-order chi connectivity index (χ0) is 21.0. The number of amides is 1. The molecule has 1 amide bonds. The predicted molar refractivity (Wildman–Crippen MR) is 109 cm³/mol. The predicted octanol–water partition coefficient (Wildman–Crippen LogP) is 3.29. The van der Waals surface area contributed by atoms with Crippen molar-refractivity contribution in [3.05, 3.63) is 54.3 Å². The molecule has 0 spiro atoms. The quantitative estimate of drug-likeness (QED) is 0.719. The molecule has 1 atom stereocenters. The number of piperidine rings is 1. The van der Waals surface area contributed by atoms with E-state index in [2.05, 4.69) is 0 Å². The third kappa shape index (κ3) is 4.76. The summed E-state index contributed by atoms with van der Waals surface area (Å²) in [5.41, 5.74) is 0.572. The van der Waals surface area contributed by atoms with Crippen LogP contribution in [0.2, 0.25) is 0 Å². The summed E-state index contributed by atoms with van der Waals surface area (Å²) in [4.78, 5) is 14.5. The molecule has 2 aromatic carbocycles. The molecule has 1 fully saturated rings. The van der Waals surface area contributed by atoms with Gasteiger partial charge in [0, 0.05) is 25.8 Å². The molecule has 29 heavy (non-hydrogen) atoms. The first-order valence-electron chi connectivity index (χ1n) is 9.59. The minimum atomic E-state index is -3.70. The Hall–Kier alpha value is -2.45. The fourth-order valence-electron chi connectivity index (χ4n) is 3.45. The molecule has 1 aliphatic rings. The lowest BCUT2D eigenvalue weighted by Gasteiger charge is -2.33. The van der Waals surface area contributed by atoms with E-state index < -0.39 is 15.9 Å². The van der Waals surface area contributed by atoms with Crippen molar-refractivity contribution in [2.45, 2.75) is 24.7 Å². The Balaban J connectivity index is 1.73. The van der Waals surface area contributed by atoms with Crippen LogP contribution in [0.4, 0.5) is 10.1 Å². The molecule has 0 N–H and O–H groups in total. The zero-order valence-electron chi connectivity index (χ0n) is 16.5. The van der Waals surface area contributed by atoms with Crippen LogP contribution in [-0.2, 0) is 14.8 Å². The molecule has 0 aromatic heterocycles. The first-order valence-corrected chi connectivity index (χ1v) is 11.0. The summed E-state index contributed by atoms with van der Waals surface area (Å²) >= 11 is 0. The van der Waals surface area contributed by atoms with Crippen LogP contribution in [-0.4, -0.2) is 45.4 Å². The van der Waals surface area contributed by atoms with Gasteiger partial charge in [-0.05, 0) is 68.3 Å². The lowest BCUT2D eigenvalue weighted by molar-refractivity contribution is -0.123. The second kappa shape index (κ2) is 8.92. The van der Waals surface area contributed by atoms with Gasteiger partial charge in [-0.3, -0.25) is 4.79 Å². The van der Waals surface area contributed by atoms with Crippen molar-refractivity contribution < 1.29 is 22.3 Å². The molecule has 6 nitrogen and oxygen atoms in total. The van der Waals surface area contributed by atoms with E-state index >= 15 is 0 Å². The number of sulfonamides is 1. The fraction of sp³-hybridized carbons (Fsp3) is 0.381. The van der Waals surface area contributed by atoms with Gasteiger partial charge in [-0.25, -0.2) is 12.8 Å². The number of hydrogen-bond donors (Lipinski definition) is 0. The van der Waals surface area contributed by atoms with Gasteiger partial charge in [0.2, 0.25) is 15.9 Å². The van der Waals surface area contributed by atoms with E-state index in [0.717, 1.165) is 0 Å². The number of benzene rings is 2. The second-order valence-corrected chi connectivity index (χ2v) is 8.92. The Bertz CT molecular complexity index is 946. The maximum atomic E-state index is 13.1. The Morgan fingerprint density at radius 2 is 1.83 bits per heavy atom. The Morgan fingerprint density at radius 3 is 2.45 bits per heavy atom. The first kappa shape index (κ1) is 21.3. The Morgan fingerprint density at radius 1 is 1.17 bits per heavy atom. The molecule has 1 aliphatic heterocycles. The number of nitrogens with zero attached hydrogens (tertiary/aromatic N) is 2. The minimum absolute atomic E-state index is 0.125. The van der Waals surface area contributed by atoms with Gasteiger partial charge in [-0.15, -0.1) is 0 Å². The molecule has 1 heterocycles. The standard InChI is InChI=1S/C21H25FN2O4S/c1-3-28-19-10-12-20(13-11-19)29(26,27)24-14-4-5-16(15-24)21(25)23(2)18-8-6-17(22)7-9-18/h6-13,16H,3-5,14-15H2,1-2H3. The van der Waals surface area contributed by atoms with E-state index in [1.807, 2.05) is 6.92 Å². The molecule has 1 unspecified atom stereocenters. The highest BCUT2D eigenvalue weighted by Crippen LogP contribution is 2.27. The van der Waals surface area contributed by atoms with Gasteiger partial charge < -0.3 is 9.64 Å². The molecule has 0 aliphatic carbocycles. The van der Waals surface area contributed by atoms with Crippen molar-refractivity contribution >= 4 is 21.6 Å². The van der Waals surface area contributed by atoms with Crippen molar-refractivity contribution in [2.24, 2.45) is 5.92 Å². The summed E-state index contributed by atoms with van der Waals surface area (Å²) in [6.07, 6.45) is 1.21. The van der Waals surface area contributed by atoms with E-state index in [-0.39, 0.29) is 23.2 Å². The van der Waals surface area contributed by atoms with Crippen LogP contribution in [0.25, 0.3) is 0 Å². The van der Waals surface area contributed by atoms with Gasteiger partial charge in [-0.1, -0.05) is 0 Å². The summed E-state index contributed by atoms with van der Waals surface area (Å²) in [6, 6.07) is 12.0. The molecule has 3 rings (SSSR count). The number of rotatable bonds is 6. The van der Waals surface area contributed by atoms with Crippen LogP contribution in [0, 0.1) is 11.7 Å². The van der Waals surface area contributed by atoms with Crippen LogP contribution in [0.15, 0.2) is 53.4 Å². The smallest absolute Gasteiger partial charge is 0.243 e. The third-order valence-electron chi connectivity index (χ3n) is 5.05. The normalized spacial score (nSPS) is 17.7. The molecule has 8 heteroatoms. The van der Waals surface area contributed by atoms with E-state index in [0.29, 0.717) is 37.4 Å². The molecule has 2 aromatic rings. The van der Waals surface area contributed by atoms with Crippen LogP contribution in [0.3, 0.4) is 0 Å². The highest BCUT2D eigenvalue weighted by Gasteiger charge is 2.34. The van der Waals surface area contributed by atoms with Gasteiger partial charge >= 0.3 is 0 Å². The van der Waals surface area contributed by atoms with Gasteiger partial charge in [-0.2, -0.15) is 4.31 Å². The number of carbonyl (C=O) groups is 1. The highest BCUT2D eigenvalue weighted by atomic mass is 32.2. The summed E-state index contributed by atoms with van der Waals surface area (Å²) < 4.78 is 45.9. The maximum Gasteiger partial charge on any atom is 0.243 e. The van der Waals surface area contributed by atoms with Crippen molar-refractivity contribution in [2.75, 3.05) is 31.6 Å². The Kier molecular flexibility index (Phi) is 6.54. The number of hydrogen-bond acceptors (Lipinski definition) is 4. The minimum Gasteiger partial charge on any atom is -0.494 e. The maximum absolute atomic E-state index is 13.1. The number of anilines is 1. The molecular weight excluding hydrogens is 395 g/mol. The van der Waals surface area contributed by atoms with Crippen molar-refractivity contribution in [3.8, 4) is 5.75 Å². The number of ether oxygens (including phenoxy) is 1. The second-order valence-electron chi connectivity index (χ2n) is 6.98. The lowest BCUT2D eigenvalue weighted by Crippen LogP contribution is -2.45. The van der Waals surface area contributed by atoms with Crippen molar-refractivity contribution in [1.82, 2.24) is 4.31 Å². The topological polar surface area (TPSA) is 66.9 Å². The van der Waals surface area contributed by atoms with Crippen molar-refractivity contribution in [1.29, 1.82) is 0 Å². The van der Waals surface area contributed by atoms with Crippen LogP contribution in [0.5, 0.6) is 5.75 Å². The van der Waals surface area contributed by atoms with E-state index in [4.69, 9.17) is 4.74 Å². The molecule has 156 valence electrons. The molecule has 1 saturated heterocycles. The number of carbonyl (C=O) groups excluding carboxylic acids is 1. The SMILES string of the molecule is CCOc1ccc(S(=O)(=O)N2CCCC(C(=O)N(C)c3ccc(F)cc3)C2)cc1. The fourth-order valence-corrected chi connectivity index (χ4v) is 4.98. The largest absolute Gasteiger partial charge is 0.494 e. The van der Waals surface area contributed by atoms with Crippen molar-refractivity contribution in [3.63, 3.8) is 0 Å². The van der Waals surface area contributed by atoms with Crippen LogP contribution < -0.4 is 9.64 Å². The third-order valence-corrected chi connectivity index (χ3v) is 6.93. The lowest BCUT2D eigenvalue weighted by atomic mass is 9.98. The van der Waals surface area contributed by atoms with Crippen LogP contribution >= 0.6 is 0 Å². The van der Waals surface area contributed by atoms with Gasteiger partial charge in [0.05, 0.1) is 17.4 Å². The first-order chi connectivity index (χ1) is 13.8. The zero-order valence-corrected chi connectivity index (χ0v) is 17.4. The summed E-state index contributed by atoms with van der Waals surface area (Å²) in [7, 11) is -2.08. The molecular formula is C21H25FN2O4S. The number of halogens is 1. The van der Waals surface area contributed by atoms with E-state index in [1.54, 1.807) is 19.2 Å². The summed E-state index contributed by atoms with van der Waals surface area (Å²) in [5, 5.41) is 0. The van der Waals surface area contributed by atoms with Gasteiger partial charge in [0.25, 0.3) is 0 Å².